The third-order valence-corrected chi connectivity index (χ3v) is 6.88. The third-order valence-electron chi connectivity index (χ3n) is 6.88. The smallest absolute Gasteiger partial charge is 0.303 e. The fraction of sp³-hybridized carbons (Fsp3) is 0.444. The number of hydrogen-bond donors (Lipinski definition) is 1. The summed E-state index contributed by atoms with van der Waals surface area (Å²) in [7, 11) is 3.94. The first-order chi connectivity index (χ1) is 16.3. The first-order valence-electron chi connectivity index (χ1n) is 11.9. The van der Waals surface area contributed by atoms with Crippen molar-refractivity contribution in [1.29, 1.82) is 0 Å². The average molecular weight is 466 g/mol. The molecule has 2 aromatic carbocycles. The Morgan fingerprint density at radius 1 is 0.912 bits per heavy atom. The molecule has 34 heavy (non-hydrogen) atoms. The van der Waals surface area contributed by atoms with E-state index in [0.29, 0.717) is 44.6 Å². The van der Waals surface area contributed by atoms with Crippen molar-refractivity contribution in [3.8, 4) is 0 Å². The summed E-state index contributed by atoms with van der Waals surface area (Å²) >= 11 is 0. The molecule has 1 unspecified atom stereocenters. The minimum atomic E-state index is -0.952. The number of hydrogen-bond acceptors (Lipinski definition) is 5. The van der Waals surface area contributed by atoms with Gasteiger partial charge >= 0.3 is 5.97 Å². The maximum atomic E-state index is 13.7. The van der Waals surface area contributed by atoms with Crippen LogP contribution < -0.4 is 4.90 Å². The van der Waals surface area contributed by atoms with Crippen LogP contribution in [0.3, 0.4) is 0 Å². The number of rotatable bonds is 10. The molecule has 1 aliphatic rings. The summed E-state index contributed by atoms with van der Waals surface area (Å²) in [6, 6.07) is 17.9. The summed E-state index contributed by atoms with van der Waals surface area (Å²) in [5.74, 6) is -0.947. The van der Waals surface area contributed by atoms with Gasteiger partial charge < -0.3 is 14.9 Å². The lowest BCUT2D eigenvalue weighted by molar-refractivity contribution is -0.141. The highest BCUT2D eigenvalue weighted by Gasteiger charge is 2.39. The molecule has 182 valence electrons. The van der Waals surface area contributed by atoms with Crippen molar-refractivity contribution in [2.24, 2.45) is 0 Å². The topological polar surface area (TPSA) is 81.2 Å². The van der Waals surface area contributed by atoms with E-state index < -0.39 is 11.5 Å². The lowest BCUT2D eigenvalue weighted by Gasteiger charge is -2.38. The van der Waals surface area contributed by atoms with E-state index in [2.05, 4.69) is 24.0 Å². The Kier molecular flexibility index (Phi) is 8.45. The van der Waals surface area contributed by atoms with Crippen molar-refractivity contribution in [3.63, 3.8) is 0 Å². The normalized spacial score (nSPS) is 15.8. The zero-order valence-electron chi connectivity index (χ0n) is 20.4. The average Bonchev–Trinajstić information content (AvgIpc) is 2.86. The van der Waals surface area contributed by atoms with E-state index in [4.69, 9.17) is 5.11 Å². The van der Waals surface area contributed by atoms with Crippen LogP contribution in [-0.2, 0) is 16.0 Å². The van der Waals surface area contributed by atoms with E-state index in [-0.39, 0.29) is 24.5 Å². The highest BCUT2D eigenvalue weighted by atomic mass is 16.4. The minimum absolute atomic E-state index is 0.0418. The molecule has 1 saturated heterocycles. The van der Waals surface area contributed by atoms with Gasteiger partial charge in [0.2, 0.25) is 5.91 Å². The predicted molar refractivity (Wildman–Crippen MR) is 133 cm³/mol. The van der Waals surface area contributed by atoms with E-state index in [1.54, 1.807) is 4.90 Å². The van der Waals surface area contributed by atoms with Crippen LogP contribution in [0, 0.1) is 0 Å². The van der Waals surface area contributed by atoms with Gasteiger partial charge in [-0.15, -0.1) is 0 Å². The van der Waals surface area contributed by atoms with Crippen molar-refractivity contribution in [3.05, 3.63) is 65.7 Å². The van der Waals surface area contributed by atoms with Crippen molar-refractivity contribution in [2.75, 3.05) is 45.2 Å². The standard InChI is InChI=1S/C27H35N3O4/c1-4-27(28(2)3,20-21-8-6-5-7-9-21)26(34)22-10-12-23(13-11-22)29-16-18-30(19-17-29)24(31)14-15-25(32)33/h5-13H,4,14-20H2,1-3H3,(H,32,33). The molecule has 1 amide bonds. The monoisotopic (exact) mass is 465 g/mol. The maximum absolute atomic E-state index is 13.7. The van der Waals surface area contributed by atoms with Gasteiger partial charge in [-0.2, -0.15) is 0 Å². The lowest BCUT2D eigenvalue weighted by atomic mass is 9.80. The van der Waals surface area contributed by atoms with Crippen LogP contribution in [0.5, 0.6) is 0 Å². The number of nitrogens with zero attached hydrogens (tertiary/aromatic N) is 3. The Bertz CT molecular complexity index is 983. The molecule has 1 fully saturated rings. The van der Waals surface area contributed by atoms with Crippen LogP contribution in [-0.4, -0.2) is 78.4 Å². The summed E-state index contributed by atoms with van der Waals surface area (Å²) in [6.07, 6.45) is 1.26. The van der Waals surface area contributed by atoms with E-state index in [0.717, 1.165) is 11.3 Å². The van der Waals surface area contributed by atoms with Crippen molar-refractivity contribution in [1.82, 2.24) is 9.80 Å². The summed E-state index contributed by atoms with van der Waals surface area (Å²) in [4.78, 5) is 42.6. The predicted octanol–water partition coefficient (Wildman–Crippen LogP) is 3.34. The van der Waals surface area contributed by atoms with E-state index >= 15 is 0 Å². The zero-order valence-corrected chi connectivity index (χ0v) is 20.4. The largest absolute Gasteiger partial charge is 0.481 e. The second-order valence-corrected chi connectivity index (χ2v) is 9.08. The number of ketones is 1. The lowest BCUT2D eigenvalue weighted by Crippen LogP contribution is -2.52. The first-order valence-corrected chi connectivity index (χ1v) is 11.9. The zero-order chi connectivity index (χ0) is 24.7. The van der Waals surface area contributed by atoms with E-state index in [9.17, 15) is 14.4 Å². The highest BCUT2D eigenvalue weighted by Crippen LogP contribution is 2.29. The number of carboxylic acids is 1. The molecule has 1 heterocycles. The number of amides is 1. The molecule has 0 aromatic heterocycles. The van der Waals surface area contributed by atoms with Crippen LogP contribution in [0.2, 0.25) is 0 Å². The van der Waals surface area contributed by atoms with E-state index in [1.807, 2.05) is 61.5 Å². The summed E-state index contributed by atoms with van der Waals surface area (Å²) < 4.78 is 0. The molecule has 7 heteroatoms. The van der Waals surface area contributed by atoms with Crippen molar-refractivity contribution in [2.45, 2.75) is 38.1 Å². The fourth-order valence-electron chi connectivity index (χ4n) is 4.66. The van der Waals surface area contributed by atoms with Gasteiger partial charge in [-0.25, -0.2) is 0 Å². The third kappa shape index (κ3) is 5.83. The number of carbonyl (C=O) groups is 3. The highest BCUT2D eigenvalue weighted by molar-refractivity contribution is 6.03. The second-order valence-electron chi connectivity index (χ2n) is 9.08. The Labute approximate surface area is 202 Å². The first kappa shape index (κ1) is 25.4. The fourth-order valence-corrected chi connectivity index (χ4v) is 4.66. The molecule has 0 saturated carbocycles. The summed E-state index contributed by atoms with van der Waals surface area (Å²) in [5, 5.41) is 8.78. The molecule has 7 nitrogen and oxygen atoms in total. The van der Waals surface area contributed by atoms with Crippen LogP contribution in [0.15, 0.2) is 54.6 Å². The van der Waals surface area contributed by atoms with Crippen molar-refractivity contribution < 1.29 is 19.5 Å². The van der Waals surface area contributed by atoms with E-state index in [1.165, 1.54) is 0 Å². The summed E-state index contributed by atoms with van der Waals surface area (Å²) in [5.41, 5.74) is 2.23. The molecule has 1 atom stereocenters. The second kappa shape index (κ2) is 11.3. The molecule has 2 aromatic rings. The van der Waals surface area contributed by atoms with Gasteiger partial charge in [-0.3, -0.25) is 19.3 Å². The number of carboxylic acid groups (broad SMARTS) is 1. The number of benzene rings is 2. The van der Waals surface area contributed by atoms with Gasteiger partial charge in [0, 0.05) is 43.9 Å². The molecule has 0 bridgehead atoms. The molecule has 1 N–H and O–H groups in total. The molecule has 1 aliphatic heterocycles. The Balaban J connectivity index is 1.68. The molecule has 0 aliphatic carbocycles. The Morgan fingerprint density at radius 2 is 1.53 bits per heavy atom. The van der Waals surface area contributed by atoms with Gasteiger partial charge in [0.05, 0.1) is 12.0 Å². The van der Waals surface area contributed by atoms with Gasteiger partial charge in [0.1, 0.15) is 0 Å². The minimum Gasteiger partial charge on any atom is -0.481 e. The van der Waals surface area contributed by atoms with Gasteiger partial charge in [-0.05, 0) is 56.8 Å². The number of carbonyl (C=O) groups excluding carboxylic acids is 2. The quantitative estimate of drug-likeness (QED) is 0.542. The number of likely N-dealkylation sites (N-methyl/N-ethyl adjacent to an activating group) is 1. The number of piperazine rings is 1. The number of anilines is 1. The van der Waals surface area contributed by atoms with Crippen LogP contribution in [0.1, 0.15) is 42.1 Å². The summed E-state index contributed by atoms with van der Waals surface area (Å²) in [6.45, 7) is 4.55. The van der Waals surface area contributed by atoms with Gasteiger partial charge in [-0.1, -0.05) is 37.3 Å². The van der Waals surface area contributed by atoms with Crippen LogP contribution >= 0.6 is 0 Å². The molecule has 0 spiro atoms. The van der Waals surface area contributed by atoms with Gasteiger partial charge in [0.15, 0.2) is 5.78 Å². The number of Topliss-reactive ketones (excluding diaryl/α,β-unsaturated/α-hetero) is 1. The van der Waals surface area contributed by atoms with Crippen LogP contribution in [0.4, 0.5) is 5.69 Å². The SMILES string of the molecule is CCC(Cc1ccccc1)(C(=O)c1ccc(N2CCN(C(=O)CCC(=O)O)CC2)cc1)N(C)C. The Morgan fingerprint density at radius 3 is 2.06 bits per heavy atom. The number of aliphatic carboxylic acids is 1. The van der Waals surface area contributed by atoms with Gasteiger partial charge in [0.25, 0.3) is 0 Å². The maximum Gasteiger partial charge on any atom is 0.303 e. The van der Waals surface area contributed by atoms with Crippen LogP contribution in [0.25, 0.3) is 0 Å². The van der Waals surface area contributed by atoms with Crippen molar-refractivity contribution >= 4 is 23.3 Å². The Hall–Kier alpha value is -3.19. The molecule has 3 rings (SSSR count). The molecular formula is C27H35N3O4. The molecular weight excluding hydrogens is 430 g/mol. The molecule has 0 radical (unpaired) electrons.